The van der Waals surface area contributed by atoms with Gasteiger partial charge in [0, 0.05) is 33.9 Å². The Morgan fingerprint density at radius 1 is 0.326 bits per heavy atom. The lowest BCUT2D eigenvalue weighted by Crippen LogP contribution is -2.09. The summed E-state index contributed by atoms with van der Waals surface area (Å²) < 4.78 is 6.60. The summed E-state index contributed by atoms with van der Waals surface area (Å²) in [5, 5.41) is 7.16. The highest BCUT2D eigenvalue weighted by molar-refractivity contribution is 6.16. The molecule has 0 radical (unpaired) electrons. The number of rotatable bonds is 5. The fraction of sp³-hybridized carbons (Fsp3) is 0. The topological polar surface area (TPSA) is 16.4 Å². The van der Waals surface area contributed by atoms with E-state index in [1.165, 1.54) is 43.8 Å². The van der Waals surface area contributed by atoms with Crippen molar-refractivity contribution in [2.24, 2.45) is 0 Å². The summed E-state index contributed by atoms with van der Waals surface area (Å²) in [6.45, 7) is 0. The van der Waals surface area contributed by atoms with Gasteiger partial charge >= 0.3 is 0 Å². The minimum atomic E-state index is 0.874. The zero-order chi connectivity index (χ0) is 30.5. The standard InChI is InChI=1S/C44H29NO/c1-3-12-30(13-4-1)37-19-9-10-21-39(37)32-15-11-18-35(26-32)45(34-16-5-2-6-17-34)36-24-25-40-42-27-33-23-22-31-14-7-8-20-38(31)41(33)29-44(42)46-43(40)28-36/h1-29H. The minimum absolute atomic E-state index is 0.874. The van der Waals surface area contributed by atoms with E-state index in [1.54, 1.807) is 0 Å². The van der Waals surface area contributed by atoms with Gasteiger partial charge in [0.25, 0.3) is 0 Å². The number of benzene rings is 8. The maximum Gasteiger partial charge on any atom is 0.137 e. The average Bonchev–Trinajstić information content (AvgIpc) is 3.48. The molecule has 8 aromatic carbocycles. The van der Waals surface area contributed by atoms with Gasteiger partial charge in [0.15, 0.2) is 0 Å². The van der Waals surface area contributed by atoms with Crippen LogP contribution in [-0.2, 0) is 0 Å². The quantitative estimate of drug-likeness (QED) is 0.186. The fourth-order valence-corrected chi connectivity index (χ4v) is 6.85. The maximum atomic E-state index is 6.60. The number of para-hydroxylation sites is 1. The van der Waals surface area contributed by atoms with Crippen LogP contribution in [0.1, 0.15) is 0 Å². The van der Waals surface area contributed by atoms with Gasteiger partial charge in [0.2, 0.25) is 0 Å². The van der Waals surface area contributed by atoms with E-state index in [-0.39, 0.29) is 0 Å². The molecule has 0 unspecified atom stereocenters. The first-order valence-corrected chi connectivity index (χ1v) is 15.7. The Morgan fingerprint density at radius 3 is 1.80 bits per heavy atom. The summed E-state index contributed by atoms with van der Waals surface area (Å²) in [4.78, 5) is 2.31. The first-order chi connectivity index (χ1) is 22.8. The van der Waals surface area contributed by atoms with Gasteiger partial charge in [0.1, 0.15) is 11.2 Å². The van der Waals surface area contributed by atoms with Crippen molar-refractivity contribution >= 4 is 60.5 Å². The van der Waals surface area contributed by atoms with Crippen molar-refractivity contribution in [3.63, 3.8) is 0 Å². The molecule has 9 rings (SSSR count). The van der Waals surface area contributed by atoms with Gasteiger partial charge in [-0.2, -0.15) is 0 Å². The number of hydrogen-bond acceptors (Lipinski definition) is 2. The Kier molecular flexibility index (Phi) is 6.17. The summed E-state index contributed by atoms with van der Waals surface area (Å²) in [5.41, 5.74) is 9.79. The number of hydrogen-bond donors (Lipinski definition) is 0. The van der Waals surface area contributed by atoms with Crippen LogP contribution < -0.4 is 4.90 Å². The molecule has 0 aliphatic carbocycles. The number of nitrogens with zero attached hydrogens (tertiary/aromatic N) is 1. The third-order valence-electron chi connectivity index (χ3n) is 9.02. The molecule has 9 aromatic rings. The molecule has 0 fully saturated rings. The molecule has 0 N–H and O–H groups in total. The third kappa shape index (κ3) is 4.43. The van der Waals surface area contributed by atoms with E-state index in [9.17, 15) is 0 Å². The molecule has 46 heavy (non-hydrogen) atoms. The lowest BCUT2D eigenvalue weighted by molar-refractivity contribution is 0.669. The van der Waals surface area contributed by atoms with E-state index in [4.69, 9.17) is 4.42 Å². The van der Waals surface area contributed by atoms with Crippen molar-refractivity contribution in [1.82, 2.24) is 0 Å². The molecule has 0 amide bonds. The Bertz CT molecular complexity index is 2530. The van der Waals surface area contributed by atoms with Gasteiger partial charge in [-0.3, -0.25) is 0 Å². The molecule has 1 heterocycles. The largest absolute Gasteiger partial charge is 0.456 e. The van der Waals surface area contributed by atoms with E-state index in [1.807, 2.05) is 0 Å². The summed E-state index contributed by atoms with van der Waals surface area (Å²) in [6, 6.07) is 62.6. The predicted octanol–water partition coefficient (Wildman–Crippen LogP) is 12.7. The third-order valence-corrected chi connectivity index (χ3v) is 9.02. The molecule has 0 saturated carbocycles. The fourth-order valence-electron chi connectivity index (χ4n) is 6.85. The van der Waals surface area contributed by atoms with Crippen molar-refractivity contribution in [2.45, 2.75) is 0 Å². The second-order valence-electron chi connectivity index (χ2n) is 11.8. The molecule has 0 spiro atoms. The molecule has 0 aliphatic rings. The normalized spacial score (nSPS) is 11.5. The predicted molar refractivity (Wildman–Crippen MR) is 194 cm³/mol. The molecule has 1 aromatic heterocycles. The lowest BCUT2D eigenvalue weighted by atomic mass is 9.94. The van der Waals surface area contributed by atoms with Crippen LogP contribution in [-0.4, -0.2) is 0 Å². The van der Waals surface area contributed by atoms with Crippen molar-refractivity contribution in [2.75, 3.05) is 4.90 Å². The molecular formula is C44H29NO. The van der Waals surface area contributed by atoms with Gasteiger partial charge < -0.3 is 9.32 Å². The molecule has 2 heteroatoms. The van der Waals surface area contributed by atoms with Crippen LogP contribution in [0, 0.1) is 0 Å². The van der Waals surface area contributed by atoms with Gasteiger partial charge in [0.05, 0.1) is 0 Å². The maximum absolute atomic E-state index is 6.60. The molecule has 0 aliphatic heterocycles. The van der Waals surface area contributed by atoms with Crippen LogP contribution in [0.5, 0.6) is 0 Å². The van der Waals surface area contributed by atoms with E-state index in [0.717, 1.165) is 39.0 Å². The number of furan rings is 1. The lowest BCUT2D eigenvalue weighted by Gasteiger charge is -2.26. The monoisotopic (exact) mass is 587 g/mol. The molecule has 216 valence electrons. The summed E-state index contributed by atoms with van der Waals surface area (Å²) in [6.07, 6.45) is 0. The van der Waals surface area contributed by atoms with E-state index < -0.39 is 0 Å². The van der Waals surface area contributed by atoms with Crippen molar-refractivity contribution in [3.8, 4) is 22.3 Å². The zero-order valence-electron chi connectivity index (χ0n) is 25.1. The first kappa shape index (κ1) is 26.3. The Balaban J connectivity index is 1.20. The Morgan fingerprint density at radius 2 is 0.957 bits per heavy atom. The summed E-state index contributed by atoms with van der Waals surface area (Å²) in [7, 11) is 0. The van der Waals surface area contributed by atoms with E-state index in [2.05, 4.69) is 181 Å². The van der Waals surface area contributed by atoms with Crippen LogP contribution in [0.15, 0.2) is 180 Å². The highest BCUT2D eigenvalue weighted by Gasteiger charge is 2.17. The highest BCUT2D eigenvalue weighted by Crippen LogP contribution is 2.41. The molecule has 0 saturated heterocycles. The first-order valence-electron chi connectivity index (χ1n) is 15.7. The summed E-state index contributed by atoms with van der Waals surface area (Å²) >= 11 is 0. The number of fused-ring (bicyclic) bond motifs is 6. The van der Waals surface area contributed by atoms with Gasteiger partial charge in [-0.1, -0.05) is 121 Å². The second-order valence-corrected chi connectivity index (χ2v) is 11.8. The van der Waals surface area contributed by atoms with Gasteiger partial charge in [-0.05, 0) is 92.3 Å². The van der Waals surface area contributed by atoms with Crippen molar-refractivity contribution < 1.29 is 4.42 Å². The van der Waals surface area contributed by atoms with Crippen molar-refractivity contribution in [3.05, 3.63) is 176 Å². The Labute approximate surface area is 267 Å². The zero-order valence-corrected chi connectivity index (χ0v) is 25.1. The average molecular weight is 588 g/mol. The molecule has 0 bridgehead atoms. The smallest absolute Gasteiger partial charge is 0.137 e. The molecular weight excluding hydrogens is 558 g/mol. The number of anilines is 3. The SMILES string of the molecule is c1ccc(-c2ccccc2-c2cccc(N(c3ccccc3)c3ccc4c(c3)oc3cc5c(ccc6ccccc65)cc34)c2)cc1. The summed E-state index contributed by atoms with van der Waals surface area (Å²) in [5.74, 6) is 0. The van der Waals surface area contributed by atoms with Gasteiger partial charge in [-0.15, -0.1) is 0 Å². The van der Waals surface area contributed by atoms with Crippen LogP contribution in [0.2, 0.25) is 0 Å². The Hall–Kier alpha value is -6.12. The molecule has 2 nitrogen and oxygen atoms in total. The highest BCUT2D eigenvalue weighted by atomic mass is 16.3. The van der Waals surface area contributed by atoms with Crippen molar-refractivity contribution in [1.29, 1.82) is 0 Å². The molecule has 0 atom stereocenters. The van der Waals surface area contributed by atoms with E-state index >= 15 is 0 Å². The second kappa shape index (κ2) is 10.8. The van der Waals surface area contributed by atoms with E-state index in [0.29, 0.717) is 0 Å². The van der Waals surface area contributed by atoms with Crippen LogP contribution in [0.25, 0.3) is 65.7 Å². The minimum Gasteiger partial charge on any atom is -0.456 e. The van der Waals surface area contributed by atoms with Gasteiger partial charge in [-0.25, -0.2) is 0 Å². The van der Waals surface area contributed by atoms with Crippen LogP contribution in [0.3, 0.4) is 0 Å². The van der Waals surface area contributed by atoms with Crippen LogP contribution in [0.4, 0.5) is 17.1 Å². The van der Waals surface area contributed by atoms with Crippen LogP contribution >= 0.6 is 0 Å².